The SMILES string of the molecule is COc1ccc(C)cc1NCc1cccc2c1NCCC2. The molecule has 0 unspecified atom stereocenters. The predicted octanol–water partition coefficient (Wildman–Crippen LogP) is 3.97. The third-order valence-corrected chi connectivity index (χ3v) is 3.99. The Morgan fingerprint density at radius 2 is 2.14 bits per heavy atom. The number of aryl methyl sites for hydroxylation is 2. The Balaban J connectivity index is 1.81. The van der Waals surface area contributed by atoms with E-state index in [-0.39, 0.29) is 0 Å². The molecule has 1 aliphatic heterocycles. The maximum absolute atomic E-state index is 5.42. The van der Waals surface area contributed by atoms with Crippen molar-refractivity contribution in [3.63, 3.8) is 0 Å². The Hall–Kier alpha value is -2.16. The van der Waals surface area contributed by atoms with Gasteiger partial charge in [0.2, 0.25) is 0 Å². The molecule has 3 heteroatoms. The third-order valence-electron chi connectivity index (χ3n) is 3.99. The molecule has 0 saturated heterocycles. The number of benzene rings is 2. The molecule has 2 aromatic carbocycles. The molecule has 21 heavy (non-hydrogen) atoms. The normalized spacial score (nSPS) is 13.2. The number of methoxy groups -OCH3 is 1. The second kappa shape index (κ2) is 6.08. The molecule has 0 amide bonds. The highest BCUT2D eigenvalue weighted by molar-refractivity contribution is 5.62. The van der Waals surface area contributed by atoms with Crippen molar-refractivity contribution in [3.05, 3.63) is 53.1 Å². The lowest BCUT2D eigenvalue weighted by Crippen LogP contribution is -2.15. The maximum Gasteiger partial charge on any atom is 0.141 e. The van der Waals surface area contributed by atoms with Gasteiger partial charge in [-0.25, -0.2) is 0 Å². The van der Waals surface area contributed by atoms with Crippen LogP contribution in [-0.4, -0.2) is 13.7 Å². The minimum atomic E-state index is 0.802. The van der Waals surface area contributed by atoms with Crippen LogP contribution in [-0.2, 0) is 13.0 Å². The molecule has 3 rings (SSSR count). The topological polar surface area (TPSA) is 33.3 Å². The van der Waals surface area contributed by atoms with Gasteiger partial charge < -0.3 is 15.4 Å². The van der Waals surface area contributed by atoms with E-state index in [4.69, 9.17) is 4.74 Å². The molecule has 3 nitrogen and oxygen atoms in total. The lowest BCUT2D eigenvalue weighted by molar-refractivity contribution is 0.416. The molecule has 110 valence electrons. The first-order valence-corrected chi connectivity index (χ1v) is 7.51. The minimum absolute atomic E-state index is 0.802. The summed E-state index contributed by atoms with van der Waals surface area (Å²) in [5, 5.41) is 7.04. The number of para-hydroxylation sites is 1. The van der Waals surface area contributed by atoms with Gasteiger partial charge in [0, 0.05) is 18.8 Å². The first kappa shape index (κ1) is 13.8. The highest BCUT2D eigenvalue weighted by atomic mass is 16.5. The van der Waals surface area contributed by atoms with E-state index < -0.39 is 0 Å². The number of hydrogen-bond donors (Lipinski definition) is 2. The van der Waals surface area contributed by atoms with Gasteiger partial charge in [-0.15, -0.1) is 0 Å². The average Bonchev–Trinajstić information content (AvgIpc) is 2.53. The van der Waals surface area contributed by atoms with E-state index in [1.165, 1.54) is 35.2 Å². The Labute approximate surface area is 126 Å². The molecule has 2 aromatic rings. The fourth-order valence-corrected chi connectivity index (χ4v) is 2.88. The zero-order valence-corrected chi connectivity index (χ0v) is 12.7. The summed E-state index contributed by atoms with van der Waals surface area (Å²) < 4.78 is 5.42. The standard InChI is InChI=1S/C18H22N2O/c1-13-8-9-17(21-2)16(11-13)20-12-15-6-3-5-14-7-4-10-19-18(14)15/h3,5-6,8-9,11,19-20H,4,7,10,12H2,1-2H3. The summed E-state index contributed by atoms with van der Waals surface area (Å²) in [6, 6.07) is 12.8. The van der Waals surface area contributed by atoms with Gasteiger partial charge >= 0.3 is 0 Å². The zero-order valence-electron chi connectivity index (χ0n) is 12.7. The highest BCUT2D eigenvalue weighted by Crippen LogP contribution is 2.29. The number of ether oxygens (including phenoxy) is 1. The first-order chi connectivity index (χ1) is 10.3. The van der Waals surface area contributed by atoms with Gasteiger partial charge in [0.25, 0.3) is 0 Å². The summed E-state index contributed by atoms with van der Waals surface area (Å²) in [5.74, 6) is 0.887. The van der Waals surface area contributed by atoms with Crippen LogP contribution in [0, 0.1) is 6.92 Å². The Morgan fingerprint density at radius 1 is 1.24 bits per heavy atom. The van der Waals surface area contributed by atoms with Crippen LogP contribution in [0.25, 0.3) is 0 Å². The van der Waals surface area contributed by atoms with E-state index >= 15 is 0 Å². The molecule has 0 atom stereocenters. The predicted molar refractivity (Wildman–Crippen MR) is 88.3 cm³/mol. The molecule has 0 radical (unpaired) electrons. The summed E-state index contributed by atoms with van der Waals surface area (Å²) in [4.78, 5) is 0. The van der Waals surface area contributed by atoms with E-state index in [1.807, 2.05) is 6.07 Å². The van der Waals surface area contributed by atoms with E-state index in [0.717, 1.165) is 24.5 Å². The number of fused-ring (bicyclic) bond motifs is 1. The van der Waals surface area contributed by atoms with Gasteiger partial charge in [-0.3, -0.25) is 0 Å². The quantitative estimate of drug-likeness (QED) is 0.890. The van der Waals surface area contributed by atoms with Gasteiger partial charge in [-0.05, 0) is 48.6 Å². The molecule has 0 fully saturated rings. The molecule has 2 N–H and O–H groups in total. The van der Waals surface area contributed by atoms with Crippen LogP contribution in [0.2, 0.25) is 0 Å². The summed E-state index contributed by atoms with van der Waals surface area (Å²) in [5.41, 5.74) is 6.33. The van der Waals surface area contributed by atoms with Crippen molar-refractivity contribution in [2.45, 2.75) is 26.3 Å². The van der Waals surface area contributed by atoms with Gasteiger partial charge in [0.1, 0.15) is 5.75 Å². The van der Waals surface area contributed by atoms with Crippen LogP contribution >= 0.6 is 0 Å². The van der Waals surface area contributed by atoms with E-state index in [1.54, 1.807) is 7.11 Å². The lowest BCUT2D eigenvalue weighted by atomic mass is 9.99. The number of rotatable bonds is 4. The van der Waals surface area contributed by atoms with Crippen LogP contribution in [0.3, 0.4) is 0 Å². The molecule has 0 aliphatic carbocycles. The molecule has 0 saturated carbocycles. The van der Waals surface area contributed by atoms with Crippen LogP contribution in [0.4, 0.5) is 11.4 Å². The fraction of sp³-hybridized carbons (Fsp3) is 0.333. The fourth-order valence-electron chi connectivity index (χ4n) is 2.88. The first-order valence-electron chi connectivity index (χ1n) is 7.51. The van der Waals surface area contributed by atoms with E-state index in [0.29, 0.717) is 0 Å². The number of hydrogen-bond acceptors (Lipinski definition) is 3. The largest absolute Gasteiger partial charge is 0.495 e. The van der Waals surface area contributed by atoms with Crippen molar-refractivity contribution >= 4 is 11.4 Å². The van der Waals surface area contributed by atoms with Gasteiger partial charge in [-0.1, -0.05) is 24.3 Å². The lowest BCUT2D eigenvalue weighted by Gasteiger charge is -2.22. The third kappa shape index (κ3) is 2.97. The smallest absolute Gasteiger partial charge is 0.141 e. The van der Waals surface area contributed by atoms with E-state index in [9.17, 15) is 0 Å². The summed E-state index contributed by atoms with van der Waals surface area (Å²) >= 11 is 0. The molecular formula is C18H22N2O. The van der Waals surface area contributed by atoms with Crippen LogP contribution in [0.15, 0.2) is 36.4 Å². The Kier molecular flexibility index (Phi) is 4.00. The van der Waals surface area contributed by atoms with Crippen molar-refractivity contribution in [2.75, 3.05) is 24.3 Å². The summed E-state index contributed by atoms with van der Waals surface area (Å²) in [6.07, 6.45) is 2.39. The van der Waals surface area contributed by atoms with Crippen molar-refractivity contribution in [2.24, 2.45) is 0 Å². The van der Waals surface area contributed by atoms with Gasteiger partial charge in [0.05, 0.1) is 12.8 Å². The molecule has 0 spiro atoms. The van der Waals surface area contributed by atoms with Gasteiger partial charge in [-0.2, -0.15) is 0 Å². The maximum atomic E-state index is 5.42. The van der Waals surface area contributed by atoms with Gasteiger partial charge in [0.15, 0.2) is 0 Å². The Bertz CT molecular complexity index is 637. The van der Waals surface area contributed by atoms with Crippen molar-refractivity contribution in [1.82, 2.24) is 0 Å². The number of anilines is 2. The molecule has 0 bridgehead atoms. The zero-order chi connectivity index (χ0) is 14.7. The summed E-state index contributed by atoms with van der Waals surface area (Å²) in [7, 11) is 1.71. The Morgan fingerprint density at radius 3 is 3.00 bits per heavy atom. The second-order valence-electron chi connectivity index (χ2n) is 5.54. The monoisotopic (exact) mass is 282 g/mol. The number of nitrogens with one attached hydrogen (secondary N) is 2. The molecule has 1 aliphatic rings. The van der Waals surface area contributed by atoms with E-state index in [2.05, 4.69) is 47.9 Å². The second-order valence-corrected chi connectivity index (χ2v) is 5.54. The van der Waals surface area contributed by atoms with Crippen LogP contribution in [0.1, 0.15) is 23.1 Å². The van der Waals surface area contributed by atoms with Crippen LogP contribution in [0.5, 0.6) is 5.75 Å². The molecule has 1 heterocycles. The molecular weight excluding hydrogens is 260 g/mol. The van der Waals surface area contributed by atoms with Crippen LogP contribution < -0.4 is 15.4 Å². The average molecular weight is 282 g/mol. The summed E-state index contributed by atoms with van der Waals surface area (Å²) in [6.45, 7) is 3.96. The van der Waals surface area contributed by atoms with Crippen molar-refractivity contribution < 1.29 is 4.74 Å². The highest BCUT2D eigenvalue weighted by Gasteiger charge is 2.12. The molecule has 0 aromatic heterocycles. The van der Waals surface area contributed by atoms with Crippen molar-refractivity contribution in [3.8, 4) is 5.75 Å². The minimum Gasteiger partial charge on any atom is -0.495 e. The van der Waals surface area contributed by atoms with Crippen molar-refractivity contribution in [1.29, 1.82) is 0 Å².